The van der Waals surface area contributed by atoms with E-state index in [1.807, 2.05) is 19.1 Å². The highest BCUT2D eigenvalue weighted by Gasteiger charge is 2.27. The van der Waals surface area contributed by atoms with Crippen LogP contribution in [0.5, 0.6) is 0 Å². The third-order valence-electron chi connectivity index (χ3n) is 2.69. The molecule has 1 aromatic carbocycles. The van der Waals surface area contributed by atoms with Crippen LogP contribution in [0, 0.1) is 19.3 Å². The molecule has 4 heteroatoms. The molecule has 0 fully saturated rings. The summed E-state index contributed by atoms with van der Waals surface area (Å²) in [5.74, 6) is -0.0409. The molecule has 0 amide bonds. The Morgan fingerprint density at radius 3 is 2.35 bits per heavy atom. The second-order valence-electron chi connectivity index (χ2n) is 5.35. The molecule has 0 bridgehead atoms. The van der Waals surface area contributed by atoms with Crippen molar-refractivity contribution in [2.75, 3.05) is 12.4 Å². The van der Waals surface area contributed by atoms with E-state index in [2.05, 4.69) is 0 Å². The lowest BCUT2D eigenvalue weighted by atomic mass is 9.98. The van der Waals surface area contributed by atoms with Crippen LogP contribution >= 0.6 is 0 Å². The van der Waals surface area contributed by atoms with Crippen molar-refractivity contribution in [3.8, 4) is 0 Å². The molecule has 96 valence electrons. The Labute approximate surface area is 103 Å². The van der Waals surface area contributed by atoms with E-state index in [1.165, 1.54) is 0 Å². The summed E-state index contributed by atoms with van der Waals surface area (Å²) in [5, 5.41) is 9.16. The minimum Gasteiger partial charge on any atom is -0.396 e. The molecule has 1 aromatic rings. The van der Waals surface area contributed by atoms with Crippen molar-refractivity contribution in [3.63, 3.8) is 0 Å². The number of benzene rings is 1. The molecule has 0 aliphatic carbocycles. The van der Waals surface area contributed by atoms with Crippen LogP contribution in [0.1, 0.15) is 25.0 Å². The Morgan fingerprint density at radius 2 is 1.82 bits per heavy atom. The van der Waals surface area contributed by atoms with Crippen LogP contribution in [0.2, 0.25) is 0 Å². The van der Waals surface area contributed by atoms with Crippen LogP contribution in [0.25, 0.3) is 0 Å². The van der Waals surface area contributed by atoms with Crippen LogP contribution < -0.4 is 0 Å². The zero-order valence-electron chi connectivity index (χ0n) is 10.8. The molecule has 0 atom stereocenters. The predicted molar refractivity (Wildman–Crippen MR) is 68.8 cm³/mol. The van der Waals surface area contributed by atoms with E-state index in [4.69, 9.17) is 5.11 Å². The number of hydrogen-bond donors (Lipinski definition) is 1. The summed E-state index contributed by atoms with van der Waals surface area (Å²) < 4.78 is 24.5. The van der Waals surface area contributed by atoms with Gasteiger partial charge in [0.2, 0.25) is 0 Å². The summed E-state index contributed by atoms with van der Waals surface area (Å²) in [7, 11) is -3.34. The number of aliphatic hydroxyl groups is 1. The van der Waals surface area contributed by atoms with Gasteiger partial charge in [-0.2, -0.15) is 0 Å². The molecule has 0 aromatic heterocycles. The molecule has 0 spiro atoms. The van der Waals surface area contributed by atoms with E-state index in [0.717, 1.165) is 11.1 Å². The van der Waals surface area contributed by atoms with E-state index < -0.39 is 15.3 Å². The number of rotatable bonds is 4. The van der Waals surface area contributed by atoms with Gasteiger partial charge in [-0.1, -0.05) is 26.0 Å². The second kappa shape index (κ2) is 4.78. The standard InChI is InChI=1S/C13H20O3S/c1-10-5-6-11(2)12(7-10)17(15,16)9-13(3,4)8-14/h5-7,14H,8-9H2,1-4H3. The zero-order chi connectivity index (χ0) is 13.3. The van der Waals surface area contributed by atoms with E-state index >= 15 is 0 Å². The van der Waals surface area contributed by atoms with Crippen molar-refractivity contribution in [1.29, 1.82) is 0 Å². The Morgan fingerprint density at radius 1 is 1.24 bits per heavy atom. The van der Waals surface area contributed by atoms with Crippen molar-refractivity contribution in [2.45, 2.75) is 32.6 Å². The molecule has 1 rings (SSSR count). The first-order valence-corrected chi connectivity index (χ1v) is 7.24. The van der Waals surface area contributed by atoms with Crippen LogP contribution in [0.15, 0.2) is 23.1 Å². The van der Waals surface area contributed by atoms with Crippen molar-refractivity contribution in [1.82, 2.24) is 0 Å². The second-order valence-corrected chi connectivity index (χ2v) is 7.31. The molecular weight excluding hydrogens is 236 g/mol. The van der Waals surface area contributed by atoms with E-state index in [0.29, 0.717) is 4.90 Å². The van der Waals surface area contributed by atoms with Gasteiger partial charge in [-0.25, -0.2) is 8.42 Å². The monoisotopic (exact) mass is 256 g/mol. The Hall–Kier alpha value is -0.870. The minimum atomic E-state index is -3.34. The minimum absolute atomic E-state index is 0.0409. The van der Waals surface area contributed by atoms with Crippen molar-refractivity contribution in [3.05, 3.63) is 29.3 Å². The number of aryl methyl sites for hydroxylation is 2. The van der Waals surface area contributed by atoms with E-state index in [1.54, 1.807) is 26.8 Å². The molecule has 17 heavy (non-hydrogen) atoms. The van der Waals surface area contributed by atoms with Crippen LogP contribution in [0.3, 0.4) is 0 Å². The highest BCUT2D eigenvalue weighted by molar-refractivity contribution is 7.91. The summed E-state index contributed by atoms with van der Waals surface area (Å²) in [6.07, 6.45) is 0. The molecular formula is C13H20O3S. The SMILES string of the molecule is Cc1ccc(C)c(S(=O)(=O)CC(C)(C)CO)c1. The van der Waals surface area contributed by atoms with Gasteiger partial charge in [0.15, 0.2) is 9.84 Å². The maximum Gasteiger partial charge on any atom is 0.179 e. The molecule has 3 nitrogen and oxygen atoms in total. The normalized spacial score (nSPS) is 12.8. The lowest BCUT2D eigenvalue weighted by Gasteiger charge is -2.21. The van der Waals surface area contributed by atoms with Gasteiger partial charge in [-0.3, -0.25) is 0 Å². The highest BCUT2D eigenvalue weighted by atomic mass is 32.2. The predicted octanol–water partition coefficient (Wildman–Crippen LogP) is 2.10. The van der Waals surface area contributed by atoms with Gasteiger partial charge in [0.1, 0.15) is 0 Å². The number of aliphatic hydroxyl groups excluding tert-OH is 1. The highest BCUT2D eigenvalue weighted by Crippen LogP contribution is 2.25. The fourth-order valence-electron chi connectivity index (χ4n) is 1.68. The third kappa shape index (κ3) is 3.54. The van der Waals surface area contributed by atoms with Gasteiger partial charge in [-0.05, 0) is 31.0 Å². The molecule has 0 aliphatic heterocycles. The van der Waals surface area contributed by atoms with Gasteiger partial charge < -0.3 is 5.11 Å². The zero-order valence-corrected chi connectivity index (χ0v) is 11.6. The fourth-order valence-corrected chi connectivity index (χ4v) is 3.88. The maximum absolute atomic E-state index is 12.3. The van der Waals surface area contributed by atoms with E-state index in [9.17, 15) is 8.42 Å². The smallest absolute Gasteiger partial charge is 0.179 e. The molecule has 0 saturated carbocycles. The van der Waals surface area contributed by atoms with Crippen LogP contribution in [-0.2, 0) is 9.84 Å². The summed E-state index contributed by atoms with van der Waals surface area (Å²) in [5.41, 5.74) is 1.06. The summed E-state index contributed by atoms with van der Waals surface area (Å²) >= 11 is 0. The topological polar surface area (TPSA) is 54.4 Å². The first kappa shape index (κ1) is 14.2. The Bertz CT molecular complexity index is 501. The molecule has 0 unspecified atom stereocenters. The Kier molecular flexibility index (Phi) is 3.99. The maximum atomic E-state index is 12.3. The fraction of sp³-hybridized carbons (Fsp3) is 0.538. The van der Waals surface area contributed by atoms with Gasteiger partial charge >= 0.3 is 0 Å². The van der Waals surface area contributed by atoms with Gasteiger partial charge in [-0.15, -0.1) is 0 Å². The molecule has 0 saturated heterocycles. The van der Waals surface area contributed by atoms with Gasteiger partial charge in [0.05, 0.1) is 10.6 Å². The average molecular weight is 256 g/mol. The van der Waals surface area contributed by atoms with E-state index in [-0.39, 0.29) is 12.4 Å². The average Bonchev–Trinajstić information content (AvgIpc) is 2.20. The van der Waals surface area contributed by atoms with Gasteiger partial charge in [0.25, 0.3) is 0 Å². The molecule has 0 aliphatic rings. The molecule has 0 heterocycles. The largest absolute Gasteiger partial charge is 0.396 e. The number of hydrogen-bond acceptors (Lipinski definition) is 3. The van der Waals surface area contributed by atoms with Crippen LogP contribution in [0.4, 0.5) is 0 Å². The lowest BCUT2D eigenvalue weighted by Crippen LogP contribution is -2.28. The summed E-state index contributed by atoms with van der Waals surface area (Å²) in [6, 6.07) is 5.40. The first-order chi connectivity index (χ1) is 7.68. The lowest BCUT2D eigenvalue weighted by molar-refractivity contribution is 0.179. The summed E-state index contributed by atoms with van der Waals surface area (Å²) in [4.78, 5) is 0.374. The first-order valence-electron chi connectivity index (χ1n) is 5.59. The van der Waals surface area contributed by atoms with Crippen molar-refractivity contribution >= 4 is 9.84 Å². The third-order valence-corrected chi connectivity index (χ3v) is 4.96. The quantitative estimate of drug-likeness (QED) is 0.897. The van der Waals surface area contributed by atoms with Gasteiger partial charge in [0, 0.05) is 12.0 Å². The molecule has 0 radical (unpaired) electrons. The van der Waals surface area contributed by atoms with Crippen molar-refractivity contribution < 1.29 is 13.5 Å². The number of sulfone groups is 1. The van der Waals surface area contributed by atoms with Crippen LogP contribution in [-0.4, -0.2) is 25.9 Å². The summed E-state index contributed by atoms with van der Waals surface area (Å²) in [6.45, 7) is 7.01. The Balaban J connectivity index is 3.18. The van der Waals surface area contributed by atoms with Crippen molar-refractivity contribution in [2.24, 2.45) is 5.41 Å². The molecule has 1 N–H and O–H groups in total.